The van der Waals surface area contributed by atoms with Crippen molar-refractivity contribution in [2.24, 2.45) is 5.92 Å². The highest BCUT2D eigenvalue weighted by Crippen LogP contribution is 2.30. The highest BCUT2D eigenvalue weighted by molar-refractivity contribution is 5.71. The first-order valence-corrected chi connectivity index (χ1v) is 4.97. The van der Waals surface area contributed by atoms with E-state index < -0.39 is 11.9 Å². The molecule has 0 saturated carbocycles. The van der Waals surface area contributed by atoms with E-state index in [2.05, 4.69) is 6.58 Å². The molecule has 0 heterocycles. The Morgan fingerprint density at radius 3 is 2.27 bits per heavy atom. The van der Waals surface area contributed by atoms with E-state index in [1.165, 1.54) is 0 Å². The van der Waals surface area contributed by atoms with Crippen molar-refractivity contribution < 1.29 is 9.90 Å². The molecular formula is C13H16O2. The van der Waals surface area contributed by atoms with Crippen LogP contribution in [0, 0.1) is 5.92 Å². The summed E-state index contributed by atoms with van der Waals surface area (Å²) in [6.07, 6.45) is 0. The normalized spacial score (nSPS) is 14.3. The van der Waals surface area contributed by atoms with E-state index in [9.17, 15) is 4.79 Å². The second-order valence-electron chi connectivity index (χ2n) is 3.86. The summed E-state index contributed by atoms with van der Waals surface area (Å²) in [7, 11) is 0. The molecule has 0 saturated heterocycles. The fraction of sp³-hybridized carbons (Fsp3) is 0.308. The first-order valence-electron chi connectivity index (χ1n) is 4.97. The quantitative estimate of drug-likeness (QED) is 0.765. The molecule has 1 aromatic rings. The van der Waals surface area contributed by atoms with Gasteiger partial charge in [-0.25, -0.2) is 0 Å². The molecule has 2 atom stereocenters. The Kier molecular flexibility index (Phi) is 3.67. The molecule has 2 nitrogen and oxygen atoms in total. The molecule has 0 radical (unpaired) electrons. The van der Waals surface area contributed by atoms with Gasteiger partial charge in [0.05, 0.1) is 5.92 Å². The fourth-order valence-electron chi connectivity index (χ4n) is 1.80. The van der Waals surface area contributed by atoms with Crippen LogP contribution in [0.5, 0.6) is 0 Å². The van der Waals surface area contributed by atoms with Crippen LogP contribution in [0.4, 0.5) is 0 Å². The van der Waals surface area contributed by atoms with Crippen molar-refractivity contribution in [3.05, 3.63) is 48.0 Å². The predicted octanol–water partition coefficient (Wildman–Crippen LogP) is 3.07. The molecule has 0 unspecified atom stereocenters. The monoisotopic (exact) mass is 204 g/mol. The van der Waals surface area contributed by atoms with E-state index in [1.807, 2.05) is 37.3 Å². The van der Waals surface area contributed by atoms with Crippen LogP contribution in [-0.2, 0) is 4.79 Å². The summed E-state index contributed by atoms with van der Waals surface area (Å²) in [5.74, 6) is -1.33. The molecule has 0 aliphatic heterocycles. The van der Waals surface area contributed by atoms with Crippen molar-refractivity contribution in [3.8, 4) is 0 Å². The number of carbonyl (C=O) groups is 1. The standard InChI is InChI=1S/C13H16O2/c1-9(2)12(10(3)13(14)15)11-7-5-4-6-8-11/h4-8,10,12H,1H2,2-3H3,(H,14,15)/t10-,12-/m0/s1. The SMILES string of the molecule is C=C(C)[C@H](c1ccccc1)[C@H](C)C(=O)O. The van der Waals surface area contributed by atoms with E-state index in [1.54, 1.807) is 6.92 Å². The molecule has 0 fully saturated rings. The van der Waals surface area contributed by atoms with Gasteiger partial charge in [0, 0.05) is 5.92 Å². The van der Waals surface area contributed by atoms with Gasteiger partial charge < -0.3 is 5.11 Å². The number of hydrogen-bond acceptors (Lipinski definition) is 1. The fourth-order valence-corrected chi connectivity index (χ4v) is 1.80. The highest BCUT2D eigenvalue weighted by Gasteiger charge is 2.25. The minimum absolute atomic E-state index is 0.108. The van der Waals surface area contributed by atoms with E-state index >= 15 is 0 Å². The van der Waals surface area contributed by atoms with Crippen LogP contribution in [0.2, 0.25) is 0 Å². The van der Waals surface area contributed by atoms with Gasteiger partial charge in [-0.05, 0) is 12.5 Å². The molecule has 0 spiro atoms. The zero-order chi connectivity index (χ0) is 11.4. The van der Waals surface area contributed by atoms with Crippen LogP contribution < -0.4 is 0 Å². The molecule has 0 aliphatic rings. The van der Waals surface area contributed by atoms with Crippen molar-refractivity contribution >= 4 is 5.97 Å². The van der Waals surface area contributed by atoms with Gasteiger partial charge in [-0.15, -0.1) is 0 Å². The van der Waals surface area contributed by atoms with Gasteiger partial charge in [0.2, 0.25) is 0 Å². The Morgan fingerprint density at radius 1 is 1.33 bits per heavy atom. The molecule has 1 N–H and O–H groups in total. The Balaban J connectivity index is 3.04. The summed E-state index contributed by atoms with van der Waals surface area (Å²) >= 11 is 0. The molecule has 15 heavy (non-hydrogen) atoms. The lowest BCUT2D eigenvalue weighted by Crippen LogP contribution is -2.19. The van der Waals surface area contributed by atoms with Crippen LogP contribution >= 0.6 is 0 Å². The summed E-state index contributed by atoms with van der Waals surface area (Å²) in [6.45, 7) is 7.46. The van der Waals surface area contributed by atoms with Gasteiger partial charge in [-0.3, -0.25) is 4.79 Å². The average molecular weight is 204 g/mol. The third-order valence-electron chi connectivity index (χ3n) is 2.58. The molecule has 1 aromatic carbocycles. The Bertz CT molecular complexity index is 354. The Hall–Kier alpha value is -1.57. The molecule has 2 heteroatoms. The van der Waals surface area contributed by atoms with Gasteiger partial charge in [-0.2, -0.15) is 0 Å². The number of allylic oxidation sites excluding steroid dienone is 1. The van der Waals surface area contributed by atoms with Crippen LogP contribution in [0.15, 0.2) is 42.5 Å². The van der Waals surface area contributed by atoms with Crippen LogP contribution in [0.25, 0.3) is 0 Å². The van der Waals surface area contributed by atoms with Gasteiger partial charge in [-0.1, -0.05) is 49.4 Å². The first kappa shape index (κ1) is 11.5. The van der Waals surface area contributed by atoms with Crippen LogP contribution in [-0.4, -0.2) is 11.1 Å². The first-order chi connectivity index (χ1) is 7.04. The smallest absolute Gasteiger partial charge is 0.307 e. The van der Waals surface area contributed by atoms with Crippen molar-refractivity contribution in [3.63, 3.8) is 0 Å². The Morgan fingerprint density at radius 2 is 1.87 bits per heavy atom. The average Bonchev–Trinajstić information content (AvgIpc) is 2.18. The molecular weight excluding hydrogens is 188 g/mol. The topological polar surface area (TPSA) is 37.3 Å². The van der Waals surface area contributed by atoms with E-state index in [4.69, 9.17) is 5.11 Å². The molecule has 0 aromatic heterocycles. The van der Waals surface area contributed by atoms with Crippen molar-refractivity contribution in [2.75, 3.05) is 0 Å². The van der Waals surface area contributed by atoms with Gasteiger partial charge in [0.15, 0.2) is 0 Å². The maximum atomic E-state index is 11.0. The molecule has 1 rings (SSSR count). The number of carboxylic acid groups (broad SMARTS) is 1. The minimum atomic E-state index is -0.785. The summed E-state index contributed by atoms with van der Waals surface area (Å²) in [5.41, 5.74) is 1.90. The van der Waals surface area contributed by atoms with E-state index in [0.29, 0.717) is 0 Å². The predicted molar refractivity (Wildman–Crippen MR) is 60.8 cm³/mol. The zero-order valence-corrected chi connectivity index (χ0v) is 9.10. The summed E-state index contributed by atoms with van der Waals surface area (Å²) in [5, 5.41) is 9.02. The third-order valence-corrected chi connectivity index (χ3v) is 2.58. The van der Waals surface area contributed by atoms with Crippen molar-refractivity contribution in [1.29, 1.82) is 0 Å². The number of aliphatic carboxylic acids is 1. The third kappa shape index (κ3) is 2.69. The van der Waals surface area contributed by atoms with Gasteiger partial charge in [0.25, 0.3) is 0 Å². The minimum Gasteiger partial charge on any atom is -0.481 e. The van der Waals surface area contributed by atoms with Gasteiger partial charge >= 0.3 is 5.97 Å². The summed E-state index contributed by atoms with van der Waals surface area (Å²) in [4.78, 5) is 11.0. The molecule has 0 aliphatic carbocycles. The lowest BCUT2D eigenvalue weighted by atomic mass is 9.83. The number of benzene rings is 1. The van der Waals surface area contributed by atoms with Crippen LogP contribution in [0.1, 0.15) is 25.3 Å². The molecule has 0 bridgehead atoms. The maximum Gasteiger partial charge on any atom is 0.307 e. The highest BCUT2D eigenvalue weighted by atomic mass is 16.4. The second-order valence-corrected chi connectivity index (χ2v) is 3.86. The zero-order valence-electron chi connectivity index (χ0n) is 9.10. The number of carboxylic acids is 1. The van der Waals surface area contributed by atoms with Crippen molar-refractivity contribution in [1.82, 2.24) is 0 Å². The lowest BCUT2D eigenvalue weighted by Gasteiger charge is -2.21. The van der Waals surface area contributed by atoms with Crippen molar-refractivity contribution in [2.45, 2.75) is 19.8 Å². The van der Waals surface area contributed by atoms with Crippen LogP contribution in [0.3, 0.4) is 0 Å². The number of rotatable bonds is 4. The summed E-state index contributed by atoms with van der Waals surface area (Å²) in [6, 6.07) is 9.64. The lowest BCUT2D eigenvalue weighted by molar-refractivity contribution is -0.141. The number of hydrogen-bond donors (Lipinski definition) is 1. The molecule has 80 valence electrons. The van der Waals surface area contributed by atoms with E-state index in [-0.39, 0.29) is 5.92 Å². The summed E-state index contributed by atoms with van der Waals surface area (Å²) < 4.78 is 0. The largest absolute Gasteiger partial charge is 0.481 e. The second kappa shape index (κ2) is 4.78. The van der Waals surface area contributed by atoms with Gasteiger partial charge in [0.1, 0.15) is 0 Å². The van der Waals surface area contributed by atoms with E-state index in [0.717, 1.165) is 11.1 Å². The molecule has 0 amide bonds. The Labute approximate surface area is 90.3 Å². The maximum absolute atomic E-state index is 11.0.